The third-order valence-electron chi connectivity index (χ3n) is 6.95. The second-order valence-electron chi connectivity index (χ2n) is 9.18. The van der Waals surface area contributed by atoms with Crippen molar-refractivity contribution in [1.82, 2.24) is 24.4 Å². The number of nitrogens with one attached hydrogen (secondary N) is 1. The number of hydrogen-bond donors (Lipinski definition) is 1. The number of rotatable bonds is 7. The number of aryl methyl sites for hydroxylation is 1. The van der Waals surface area contributed by atoms with Crippen LogP contribution in [-0.2, 0) is 32.2 Å². The Labute approximate surface area is 221 Å². The first-order chi connectivity index (χ1) is 17.3. The van der Waals surface area contributed by atoms with Crippen molar-refractivity contribution in [2.75, 3.05) is 19.6 Å². The van der Waals surface area contributed by atoms with E-state index >= 15 is 0 Å². The predicted octanol–water partition coefficient (Wildman–Crippen LogP) is 4.21. The standard InChI is InChI=1S/C25H27Cl2N5O3S/c26-19-7-5-17(6-8-19)11-14-28-25(33)21-9-10-23-29-30-24(32(21)23)18-12-15-31(16-13-18)36(34,35)22-4-2-1-3-20(22)27/h1-8,18,21H,9-16H2,(H-,28,33,34,35). The largest absolute Gasteiger partial charge is 0.593 e. The number of amides is 1. The van der Waals surface area contributed by atoms with Crippen LogP contribution in [0.25, 0.3) is 0 Å². The normalized spacial score (nSPS) is 20.1. The van der Waals surface area contributed by atoms with E-state index in [-0.39, 0.29) is 27.8 Å². The molecule has 2 aliphatic rings. The summed E-state index contributed by atoms with van der Waals surface area (Å²) >= 11 is 12.1. The highest BCUT2D eigenvalue weighted by atomic mass is 35.5. The zero-order valence-electron chi connectivity index (χ0n) is 19.6. The Morgan fingerprint density at radius 3 is 2.50 bits per heavy atom. The van der Waals surface area contributed by atoms with Gasteiger partial charge in [0.2, 0.25) is 5.91 Å². The van der Waals surface area contributed by atoms with Crippen LogP contribution in [0.5, 0.6) is 0 Å². The van der Waals surface area contributed by atoms with Crippen LogP contribution in [-0.4, -0.2) is 49.2 Å². The van der Waals surface area contributed by atoms with Crippen molar-refractivity contribution in [3.05, 3.63) is 75.8 Å². The molecule has 2 atom stereocenters. The van der Waals surface area contributed by atoms with E-state index in [0.29, 0.717) is 50.3 Å². The molecule has 0 spiro atoms. The minimum atomic E-state index is -3.67. The van der Waals surface area contributed by atoms with E-state index in [1.165, 1.54) is 10.4 Å². The minimum Gasteiger partial charge on any atom is -0.593 e. The summed E-state index contributed by atoms with van der Waals surface area (Å²) in [6, 6.07) is 13.8. The van der Waals surface area contributed by atoms with Gasteiger partial charge < -0.3 is 14.4 Å². The lowest BCUT2D eigenvalue weighted by molar-refractivity contribution is -0.124. The Morgan fingerprint density at radius 2 is 1.78 bits per heavy atom. The topological polar surface area (TPSA) is 103 Å². The Bertz CT molecular complexity index is 1290. The summed E-state index contributed by atoms with van der Waals surface area (Å²) in [5, 5.41) is 12.7. The smallest absolute Gasteiger partial charge is 0.243 e. The molecule has 11 heteroatoms. The van der Waals surface area contributed by atoms with Crippen molar-refractivity contribution >= 4 is 39.5 Å². The first-order valence-electron chi connectivity index (χ1n) is 12.0. The van der Waals surface area contributed by atoms with Crippen LogP contribution in [0.2, 0.25) is 10.0 Å². The number of carbonyl (C=O) groups is 1. The second-order valence-corrected chi connectivity index (χ2v) is 11.9. The van der Waals surface area contributed by atoms with Gasteiger partial charge in [0.15, 0.2) is 15.3 Å². The average molecular weight is 548 g/mol. The molecule has 2 aromatic carbocycles. The Hall–Kier alpha value is -2.30. The zero-order chi connectivity index (χ0) is 25.3. The van der Waals surface area contributed by atoms with Crippen molar-refractivity contribution in [2.24, 2.45) is 0 Å². The molecule has 1 N–H and O–H groups in total. The number of aromatic nitrogens is 3. The van der Waals surface area contributed by atoms with Gasteiger partial charge in [-0.15, -0.1) is 14.5 Å². The highest BCUT2D eigenvalue weighted by Gasteiger charge is 2.39. The Balaban J connectivity index is 1.22. The van der Waals surface area contributed by atoms with Gasteiger partial charge in [-0.3, -0.25) is 4.79 Å². The van der Waals surface area contributed by atoms with Crippen molar-refractivity contribution in [3.63, 3.8) is 0 Å². The van der Waals surface area contributed by atoms with Crippen LogP contribution < -0.4 is 5.32 Å². The maximum absolute atomic E-state index is 13.1. The van der Waals surface area contributed by atoms with E-state index in [0.717, 1.165) is 23.6 Å². The monoisotopic (exact) mass is 547 g/mol. The second kappa shape index (κ2) is 10.6. The van der Waals surface area contributed by atoms with Crippen molar-refractivity contribution in [3.8, 4) is 0 Å². The Morgan fingerprint density at radius 1 is 1.06 bits per heavy atom. The van der Waals surface area contributed by atoms with Crippen molar-refractivity contribution < 1.29 is 13.6 Å². The molecule has 0 saturated carbocycles. The molecule has 3 heterocycles. The first kappa shape index (κ1) is 25.4. The maximum atomic E-state index is 13.1. The van der Waals surface area contributed by atoms with Crippen molar-refractivity contribution in [2.45, 2.75) is 49.0 Å². The third-order valence-corrected chi connectivity index (χ3v) is 9.60. The van der Waals surface area contributed by atoms with Crippen LogP contribution in [0.1, 0.15) is 48.4 Å². The number of fused-ring (bicyclic) bond motifs is 1. The van der Waals surface area contributed by atoms with E-state index < -0.39 is 10.4 Å². The summed E-state index contributed by atoms with van der Waals surface area (Å²) in [4.78, 5) is 13.2. The van der Waals surface area contributed by atoms with Gasteiger partial charge in [-0.1, -0.05) is 51.7 Å². The fourth-order valence-electron chi connectivity index (χ4n) is 5.02. The van der Waals surface area contributed by atoms with Crippen LogP contribution >= 0.6 is 23.2 Å². The Kier molecular flexibility index (Phi) is 7.46. The highest BCUT2D eigenvalue weighted by Crippen LogP contribution is 2.37. The highest BCUT2D eigenvalue weighted by molar-refractivity contribution is 7.95. The summed E-state index contributed by atoms with van der Waals surface area (Å²) in [6.45, 7) is 1.25. The van der Waals surface area contributed by atoms with E-state index in [2.05, 4.69) is 15.5 Å². The first-order valence-corrected chi connectivity index (χ1v) is 14.2. The maximum Gasteiger partial charge on any atom is 0.243 e. The number of hydrogen-bond acceptors (Lipinski definition) is 5. The van der Waals surface area contributed by atoms with Gasteiger partial charge in [-0.25, -0.2) is 0 Å². The molecule has 3 aromatic rings. The molecule has 2 unspecified atom stereocenters. The van der Waals surface area contributed by atoms with Crippen LogP contribution in [0, 0.1) is 0 Å². The number of benzene rings is 2. The van der Waals surface area contributed by atoms with Crippen LogP contribution in [0.3, 0.4) is 0 Å². The molecule has 5 rings (SSSR count). The molecule has 1 saturated heterocycles. The lowest BCUT2D eigenvalue weighted by Crippen LogP contribution is -2.42. The fraction of sp³-hybridized carbons (Fsp3) is 0.400. The number of halogens is 2. The van der Waals surface area contributed by atoms with Gasteiger partial charge in [0.05, 0.1) is 5.02 Å². The molecular formula is C25H27Cl2N5O3S. The SMILES string of the molecule is O=C(NCCc1ccc(Cl)cc1)C1CCc2nnc(C3CCN([S+](=O)([O-])c4ccccc4Cl)CC3)n21. The van der Waals surface area contributed by atoms with E-state index in [4.69, 9.17) is 23.2 Å². The molecule has 1 amide bonds. The zero-order valence-corrected chi connectivity index (χ0v) is 21.9. The van der Waals surface area contributed by atoms with Crippen molar-refractivity contribution in [1.29, 1.82) is 0 Å². The average Bonchev–Trinajstić information content (AvgIpc) is 3.48. The predicted molar refractivity (Wildman–Crippen MR) is 138 cm³/mol. The fourth-order valence-corrected chi connectivity index (χ4v) is 7.10. The molecule has 0 aliphatic carbocycles. The lowest BCUT2D eigenvalue weighted by Gasteiger charge is -2.33. The number of nitrogens with zero attached hydrogens (tertiary/aromatic N) is 4. The minimum absolute atomic E-state index is 0.0337. The molecule has 0 radical (unpaired) electrons. The number of piperidine rings is 1. The third kappa shape index (κ3) is 5.08. The molecule has 2 aliphatic heterocycles. The van der Waals surface area contributed by atoms with Crippen LogP contribution in [0.4, 0.5) is 0 Å². The van der Waals surface area contributed by atoms with Gasteiger partial charge in [0.1, 0.15) is 17.7 Å². The molecule has 36 heavy (non-hydrogen) atoms. The van der Waals surface area contributed by atoms with Gasteiger partial charge in [-0.05, 0) is 55.5 Å². The summed E-state index contributed by atoms with van der Waals surface area (Å²) in [5.41, 5.74) is 1.11. The van der Waals surface area contributed by atoms with E-state index in [1.54, 1.807) is 18.2 Å². The lowest BCUT2D eigenvalue weighted by atomic mass is 9.97. The quantitative estimate of drug-likeness (QED) is 0.446. The summed E-state index contributed by atoms with van der Waals surface area (Å²) in [7, 11) is -3.67. The van der Waals surface area contributed by atoms with Crippen LogP contribution in [0.15, 0.2) is 53.4 Å². The summed E-state index contributed by atoms with van der Waals surface area (Å²) < 4.78 is 29.6. The number of sulfonamides is 1. The molecule has 8 nitrogen and oxygen atoms in total. The van der Waals surface area contributed by atoms with E-state index in [1.807, 2.05) is 28.8 Å². The van der Waals surface area contributed by atoms with Gasteiger partial charge in [0, 0.05) is 37.0 Å². The van der Waals surface area contributed by atoms with Gasteiger partial charge in [0.25, 0.3) is 0 Å². The molecular weight excluding hydrogens is 521 g/mol. The molecule has 1 fully saturated rings. The van der Waals surface area contributed by atoms with Gasteiger partial charge >= 0.3 is 0 Å². The number of carbonyl (C=O) groups excluding carboxylic acids is 1. The van der Waals surface area contributed by atoms with Gasteiger partial charge in [-0.2, -0.15) is 0 Å². The van der Waals surface area contributed by atoms with E-state index in [9.17, 15) is 13.6 Å². The summed E-state index contributed by atoms with van der Waals surface area (Å²) in [5.74, 6) is 1.58. The summed E-state index contributed by atoms with van der Waals surface area (Å²) in [6.07, 6.45) is 3.31. The molecule has 1 aromatic heterocycles. The molecule has 190 valence electrons. The molecule has 0 bridgehead atoms.